The summed E-state index contributed by atoms with van der Waals surface area (Å²) in [4.78, 5) is 8.88. The van der Waals surface area contributed by atoms with Crippen molar-refractivity contribution in [3.05, 3.63) is 42.2 Å². The molecule has 10 nitrogen and oxygen atoms in total. The SMILES string of the molecule is COc1cc(OC)c2ncnc(N(CC(C)C)/N=C/c3ccc(OB(O)O)c(OC)c3)c2c1. The summed E-state index contributed by atoms with van der Waals surface area (Å²) in [5, 5.41) is 25.3. The van der Waals surface area contributed by atoms with Crippen LogP contribution >= 0.6 is 0 Å². The maximum atomic E-state index is 9.06. The zero-order valence-electron chi connectivity index (χ0n) is 19.2. The molecular formula is C22H27BN4O6. The van der Waals surface area contributed by atoms with Gasteiger partial charge < -0.3 is 28.9 Å². The molecule has 0 amide bonds. The molecule has 33 heavy (non-hydrogen) atoms. The van der Waals surface area contributed by atoms with Gasteiger partial charge >= 0.3 is 7.32 Å². The van der Waals surface area contributed by atoms with E-state index in [-0.39, 0.29) is 11.7 Å². The van der Waals surface area contributed by atoms with Gasteiger partial charge in [-0.05, 0) is 35.7 Å². The van der Waals surface area contributed by atoms with E-state index in [2.05, 4.69) is 28.9 Å². The lowest BCUT2D eigenvalue weighted by atomic mass is 10.1. The van der Waals surface area contributed by atoms with Crippen molar-refractivity contribution in [1.29, 1.82) is 0 Å². The van der Waals surface area contributed by atoms with Crippen LogP contribution in [0, 0.1) is 5.92 Å². The normalized spacial score (nSPS) is 11.2. The number of hydrogen-bond acceptors (Lipinski definition) is 10. The van der Waals surface area contributed by atoms with Crippen LogP contribution in [0.25, 0.3) is 10.9 Å². The Kier molecular flexibility index (Phi) is 7.91. The molecule has 3 rings (SSSR count). The van der Waals surface area contributed by atoms with Crippen LogP contribution in [0.4, 0.5) is 5.82 Å². The molecule has 0 unspecified atom stereocenters. The smallest absolute Gasteiger partial charge is 0.509 e. The lowest BCUT2D eigenvalue weighted by Crippen LogP contribution is -2.23. The van der Waals surface area contributed by atoms with Gasteiger partial charge in [0.25, 0.3) is 0 Å². The van der Waals surface area contributed by atoms with Gasteiger partial charge in [0.1, 0.15) is 29.1 Å². The topological polar surface area (TPSA) is 119 Å². The molecule has 0 aliphatic heterocycles. The monoisotopic (exact) mass is 454 g/mol. The average Bonchev–Trinajstić information content (AvgIpc) is 2.80. The molecule has 0 fully saturated rings. The lowest BCUT2D eigenvalue weighted by molar-refractivity contribution is 0.279. The summed E-state index contributed by atoms with van der Waals surface area (Å²) in [6, 6.07) is 8.60. The number of hydrogen-bond donors (Lipinski definition) is 2. The third-order valence-corrected chi connectivity index (χ3v) is 4.66. The summed E-state index contributed by atoms with van der Waals surface area (Å²) >= 11 is 0. The van der Waals surface area contributed by atoms with Crippen LogP contribution in [0.5, 0.6) is 23.0 Å². The highest BCUT2D eigenvalue weighted by Crippen LogP contribution is 2.34. The van der Waals surface area contributed by atoms with E-state index in [1.54, 1.807) is 49.7 Å². The molecule has 0 saturated carbocycles. The van der Waals surface area contributed by atoms with E-state index >= 15 is 0 Å². The van der Waals surface area contributed by atoms with Crippen LogP contribution in [0.2, 0.25) is 0 Å². The Morgan fingerprint density at radius 3 is 2.39 bits per heavy atom. The van der Waals surface area contributed by atoms with Crippen molar-refractivity contribution in [3.63, 3.8) is 0 Å². The number of benzene rings is 2. The highest BCUT2D eigenvalue weighted by Gasteiger charge is 2.18. The molecule has 2 aromatic carbocycles. The van der Waals surface area contributed by atoms with Crippen LogP contribution in [-0.2, 0) is 0 Å². The van der Waals surface area contributed by atoms with Crippen LogP contribution in [0.3, 0.4) is 0 Å². The molecule has 0 saturated heterocycles. The first-order valence-corrected chi connectivity index (χ1v) is 10.2. The Morgan fingerprint density at radius 1 is 1.00 bits per heavy atom. The molecule has 2 N–H and O–H groups in total. The molecule has 1 aromatic heterocycles. The second-order valence-corrected chi connectivity index (χ2v) is 7.50. The Hall–Kier alpha value is -3.57. The highest BCUT2D eigenvalue weighted by atomic mass is 16.6. The summed E-state index contributed by atoms with van der Waals surface area (Å²) in [5.41, 5.74) is 1.37. The third-order valence-electron chi connectivity index (χ3n) is 4.66. The number of ether oxygens (including phenoxy) is 3. The van der Waals surface area contributed by atoms with E-state index in [1.165, 1.54) is 13.4 Å². The number of aromatic nitrogens is 2. The summed E-state index contributed by atoms with van der Waals surface area (Å²) < 4.78 is 21.1. The first kappa shape index (κ1) is 24.1. The van der Waals surface area contributed by atoms with E-state index in [0.717, 1.165) is 5.39 Å². The number of hydrazone groups is 1. The van der Waals surface area contributed by atoms with Crippen LogP contribution in [-0.4, -0.2) is 61.4 Å². The van der Waals surface area contributed by atoms with Crippen molar-refractivity contribution in [3.8, 4) is 23.0 Å². The quantitative estimate of drug-likeness (QED) is 0.271. The van der Waals surface area contributed by atoms with Gasteiger partial charge in [-0.1, -0.05) is 13.8 Å². The van der Waals surface area contributed by atoms with Crippen LogP contribution in [0.1, 0.15) is 19.4 Å². The van der Waals surface area contributed by atoms with Gasteiger partial charge in [-0.3, -0.25) is 0 Å². The highest BCUT2D eigenvalue weighted by molar-refractivity contribution is 6.33. The molecule has 0 radical (unpaired) electrons. The van der Waals surface area contributed by atoms with Gasteiger partial charge in [0.15, 0.2) is 11.6 Å². The molecule has 0 aliphatic rings. The van der Waals surface area contributed by atoms with Crippen molar-refractivity contribution < 1.29 is 28.9 Å². The van der Waals surface area contributed by atoms with Gasteiger partial charge in [0.05, 0.1) is 32.9 Å². The van der Waals surface area contributed by atoms with Crippen molar-refractivity contribution in [2.45, 2.75) is 13.8 Å². The second kappa shape index (κ2) is 10.8. The number of nitrogens with zero attached hydrogens (tertiary/aromatic N) is 4. The Bertz CT molecular complexity index is 1130. The number of rotatable bonds is 10. The molecular weight excluding hydrogens is 427 g/mol. The molecule has 3 aromatic rings. The predicted octanol–water partition coefficient (Wildman–Crippen LogP) is 2.50. The molecule has 11 heteroatoms. The lowest BCUT2D eigenvalue weighted by Gasteiger charge is -2.22. The minimum absolute atomic E-state index is 0.199. The Labute approximate surface area is 192 Å². The molecule has 0 bridgehead atoms. The third kappa shape index (κ3) is 5.82. The number of methoxy groups -OCH3 is 3. The fourth-order valence-corrected chi connectivity index (χ4v) is 3.22. The molecule has 174 valence electrons. The van der Waals surface area contributed by atoms with Gasteiger partial charge in [0, 0.05) is 12.6 Å². The first-order valence-electron chi connectivity index (χ1n) is 10.2. The van der Waals surface area contributed by atoms with E-state index in [9.17, 15) is 0 Å². The molecule has 0 spiro atoms. The van der Waals surface area contributed by atoms with E-state index in [0.29, 0.717) is 40.7 Å². The first-order chi connectivity index (χ1) is 15.9. The van der Waals surface area contributed by atoms with Crippen LogP contribution in [0.15, 0.2) is 41.8 Å². The van der Waals surface area contributed by atoms with Crippen molar-refractivity contribution >= 4 is 30.3 Å². The minimum atomic E-state index is -1.94. The van der Waals surface area contributed by atoms with E-state index in [4.69, 9.17) is 28.9 Å². The molecule has 0 atom stereocenters. The van der Waals surface area contributed by atoms with Crippen LogP contribution < -0.4 is 23.9 Å². The molecule has 0 aliphatic carbocycles. The van der Waals surface area contributed by atoms with Crippen molar-refractivity contribution in [1.82, 2.24) is 9.97 Å². The Balaban J connectivity index is 2.04. The second-order valence-electron chi connectivity index (χ2n) is 7.50. The molecule has 1 heterocycles. The van der Waals surface area contributed by atoms with E-state index < -0.39 is 7.32 Å². The average molecular weight is 454 g/mol. The zero-order valence-corrected chi connectivity index (χ0v) is 19.2. The summed E-state index contributed by atoms with van der Waals surface area (Å²) in [7, 11) is 2.69. The fraction of sp³-hybridized carbons (Fsp3) is 0.318. The van der Waals surface area contributed by atoms with Crippen molar-refractivity contribution in [2.75, 3.05) is 32.9 Å². The van der Waals surface area contributed by atoms with Gasteiger partial charge in [-0.2, -0.15) is 5.10 Å². The minimum Gasteiger partial charge on any atom is -0.509 e. The van der Waals surface area contributed by atoms with Gasteiger partial charge in [0.2, 0.25) is 0 Å². The summed E-state index contributed by atoms with van der Waals surface area (Å²) in [6.45, 7) is 4.77. The van der Waals surface area contributed by atoms with Crippen molar-refractivity contribution in [2.24, 2.45) is 11.0 Å². The number of anilines is 1. The summed E-state index contributed by atoms with van der Waals surface area (Å²) in [6.07, 6.45) is 3.14. The van der Waals surface area contributed by atoms with Gasteiger partial charge in [-0.25, -0.2) is 15.0 Å². The number of fused-ring (bicyclic) bond motifs is 1. The largest absolute Gasteiger partial charge is 0.707 e. The summed E-state index contributed by atoms with van der Waals surface area (Å²) in [5.74, 6) is 2.63. The maximum absolute atomic E-state index is 9.06. The predicted molar refractivity (Wildman–Crippen MR) is 126 cm³/mol. The zero-order chi connectivity index (χ0) is 24.0. The van der Waals surface area contributed by atoms with E-state index in [1.807, 2.05) is 6.07 Å². The maximum Gasteiger partial charge on any atom is 0.707 e. The fourth-order valence-electron chi connectivity index (χ4n) is 3.22. The Morgan fingerprint density at radius 2 is 1.76 bits per heavy atom. The standard InChI is InChI=1S/C22H27BN4O6/c1-14(2)12-27(26-11-15-6-7-18(33-23(28)29)19(8-15)31-4)22-17-9-16(30-3)10-20(32-5)21(17)24-13-25-22/h6-11,13-14,28-29H,12H2,1-5H3/b26-11+. The van der Waals surface area contributed by atoms with Gasteiger partial charge in [-0.15, -0.1) is 0 Å².